The number of carbonyl (C=O) groups is 1. The molecule has 5 heteroatoms. The highest BCUT2D eigenvalue weighted by Crippen LogP contribution is 2.19. The van der Waals surface area contributed by atoms with E-state index in [0.717, 1.165) is 39.0 Å². The molecule has 0 bridgehead atoms. The van der Waals surface area contributed by atoms with Gasteiger partial charge in [0.1, 0.15) is 6.10 Å². The van der Waals surface area contributed by atoms with Gasteiger partial charge in [-0.25, -0.2) is 0 Å². The monoisotopic (exact) mass is 241 g/mol. The van der Waals surface area contributed by atoms with Gasteiger partial charge in [0.25, 0.3) is 5.91 Å². The van der Waals surface area contributed by atoms with E-state index in [1.807, 2.05) is 4.90 Å². The first-order valence-electron chi connectivity index (χ1n) is 6.60. The molecule has 2 aliphatic rings. The Kier molecular flexibility index (Phi) is 4.36. The maximum atomic E-state index is 12.3. The van der Waals surface area contributed by atoms with Crippen LogP contribution < -0.4 is 5.73 Å². The minimum atomic E-state index is -0.282. The van der Waals surface area contributed by atoms with Crippen LogP contribution in [0.25, 0.3) is 0 Å². The lowest BCUT2D eigenvalue weighted by atomic mass is 10.2. The molecule has 2 atom stereocenters. The van der Waals surface area contributed by atoms with Crippen molar-refractivity contribution >= 4 is 5.91 Å². The summed E-state index contributed by atoms with van der Waals surface area (Å²) in [5, 5.41) is 0. The molecule has 0 aromatic heterocycles. The van der Waals surface area contributed by atoms with Gasteiger partial charge in [0.05, 0.1) is 6.61 Å². The van der Waals surface area contributed by atoms with Crippen molar-refractivity contribution in [2.75, 3.05) is 39.3 Å². The maximum Gasteiger partial charge on any atom is 0.253 e. The van der Waals surface area contributed by atoms with E-state index in [9.17, 15) is 4.79 Å². The SMILES string of the molecule is CCN1CCOC(C(=O)N2CCCC2CN)C1. The van der Waals surface area contributed by atoms with Crippen LogP contribution in [0.1, 0.15) is 19.8 Å². The second-order valence-electron chi connectivity index (χ2n) is 4.82. The predicted molar refractivity (Wildman–Crippen MR) is 65.6 cm³/mol. The van der Waals surface area contributed by atoms with E-state index in [-0.39, 0.29) is 18.1 Å². The maximum absolute atomic E-state index is 12.3. The molecule has 2 aliphatic heterocycles. The quantitative estimate of drug-likeness (QED) is 0.734. The van der Waals surface area contributed by atoms with Crippen molar-refractivity contribution in [3.63, 3.8) is 0 Å². The summed E-state index contributed by atoms with van der Waals surface area (Å²) in [6.07, 6.45) is 1.82. The lowest BCUT2D eigenvalue weighted by Crippen LogP contribution is -2.52. The highest BCUT2D eigenvalue weighted by molar-refractivity contribution is 5.82. The first kappa shape index (κ1) is 12.8. The zero-order valence-corrected chi connectivity index (χ0v) is 10.6. The Hall–Kier alpha value is -0.650. The molecule has 2 N–H and O–H groups in total. The number of nitrogens with zero attached hydrogens (tertiary/aromatic N) is 2. The van der Waals surface area contributed by atoms with E-state index in [4.69, 9.17) is 10.5 Å². The van der Waals surface area contributed by atoms with Crippen LogP contribution in [0.15, 0.2) is 0 Å². The Bertz CT molecular complexity index is 272. The van der Waals surface area contributed by atoms with E-state index in [1.54, 1.807) is 0 Å². The van der Waals surface area contributed by atoms with Crippen molar-refractivity contribution in [2.24, 2.45) is 5.73 Å². The van der Waals surface area contributed by atoms with Gasteiger partial charge in [-0.1, -0.05) is 6.92 Å². The van der Waals surface area contributed by atoms with Gasteiger partial charge in [0.2, 0.25) is 0 Å². The fraction of sp³-hybridized carbons (Fsp3) is 0.917. The number of carbonyl (C=O) groups excluding carboxylic acids is 1. The molecule has 0 spiro atoms. The fourth-order valence-electron chi connectivity index (χ4n) is 2.70. The molecule has 0 radical (unpaired) electrons. The van der Waals surface area contributed by atoms with Gasteiger partial charge in [-0.15, -0.1) is 0 Å². The van der Waals surface area contributed by atoms with E-state index in [1.165, 1.54) is 0 Å². The van der Waals surface area contributed by atoms with Crippen molar-refractivity contribution < 1.29 is 9.53 Å². The third kappa shape index (κ3) is 2.78. The van der Waals surface area contributed by atoms with Gasteiger partial charge >= 0.3 is 0 Å². The number of rotatable bonds is 3. The van der Waals surface area contributed by atoms with Gasteiger partial charge in [-0.2, -0.15) is 0 Å². The van der Waals surface area contributed by atoms with Gasteiger partial charge < -0.3 is 15.4 Å². The normalized spacial score (nSPS) is 30.8. The molecule has 1 amide bonds. The molecular formula is C12H23N3O2. The molecule has 98 valence electrons. The van der Waals surface area contributed by atoms with Crippen molar-refractivity contribution in [3.8, 4) is 0 Å². The summed E-state index contributed by atoms with van der Waals surface area (Å²) in [6, 6.07) is 0.225. The molecule has 0 aromatic carbocycles. The third-order valence-electron chi connectivity index (χ3n) is 3.81. The molecule has 0 aromatic rings. The number of amides is 1. The summed E-state index contributed by atoms with van der Waals surface area (Å²) < 4.78 is 5.60. The molecule has 2 saturated heterocycles. The predicted octanol–water partition coefficient (Wildman–Crippen LogP) is -0.343. The van der Waals surface area contributed by atoms with Gasteiger partial charge in [0.15, 0.2) is 0 Å². The van der Waals surface area contributed by atoms with Crippen LogP contribution in [-0.2, 0) is 9.53 Å². The third-order valence-corrected chi connectivity index (χ3v) is 3.81. The van der Waals surface area contributed by atoms with E-state index in [0.29, 0.717) is 13.2 Å². The minimum absolute atomic E-state index is 0.135. The molecule has 17 heavy (non-hydrogen) atoms. The summed E-state index contributed by atoms with van der Waals surface area (Å²) in [7, 11) is 0. The van der Waals surface area contributed by atoms with Crippen LogP contribution in [0.3, 0.4) is 0 Å². The molecule has 5 nitrogen and oxygen atoms in total. The van der Waals surface area contributed by atoms with Gasteiger partial charge in [-0.05, 0) is 19.4 Å². The van der Waals surface area contributed by atoms with Crippen LogP contribution in [0.2, 0.25) is 0 Å². The van der Waals surface area contributed by atoms with E-state index in [2.05, 4.69) is 11.8 Å². The second kappa shape index (κ2) is 5.80. The van der Waals surface area contributed by atoms with Gasteiger partial charge in [0, 0.05) is 32.2 Å². The molecule has 2 rings (SSSR count). The number of hydrogen-bond donors (Lipinski definition) is 1. The van der Waals surface area contributed by atoms with Crippen molar-refractivity contribution in [2.45, 2.75) is 31.9 Å². The van der Waals surface area contributed by atoms with E-state index >= 15 is 0 Å². The highest BCUT2D eigenvalue weighted by atomic mass is 16.5. The average molecular weight is 241 g/mol. The molecule has 2 heterocycles. The number of hydrogen-bond acceptors (Lipinski definition) is 4. The Morgan fingerprint density at radius 1 is 1.47 bits per heavy atom. The topological polar surface area (TPSA) is 58.8 Å². The molecule has 2 unspecified atom stereocenters. The Balaban J connectivity index is 1.94. The average Bonchev–Trinajstić information content (AvgIpc) is 2.86. The first-order valence-corrected chi connectivity index (χ1v) is 6.60. The summed E-state index contributed by atoms with van der Waals surface area (Å²) in [5.41, 5.74) is 5.70. The Morgan fingerprint density at radius 2 is 2.29 bits per heavy atom. The number of nitrogens with two attached hydrogens (primary N) is 1. The summed E-state index contributed by atoms with van der Waals surface area (Å²) in [4.78, 5) is 16.5. The smallest absolute Gasteiger partial charge is 0.253 e. The second-order valence-corrected chi connectivity index (χ2v) is 4.82. The van der Waals surface area contributed by atoms with Gasteiger partial charge in [-0.3, -0.25) is 9.69 Å². The van der Waals surface area contributed by atoms with Crippen LogP contribution >= 0.6 is 0 Å². The highest BCUT2D eigenvalue weighted by Gasteiger charge is 2.34. The summed E-state index contributed by atoms with van der Waals surface area (Å²) >= 11 is 0. The lowest BCUT2D eigenvalue weighted by Gasteiger charge is -2.34. The number of likely N-dealkylation sites (N-methyl/N-ethyl adjacent to an activating group) is 1. The molecule has 2 fully saturated rings. The first-order chi connectivity index (χ1) is 8.26. The molecule has 0 aliphatic carbocycles. The van der Waals surface area contributed by atoms with E-state index < -0.39 is 0 Å². The largest absolute Gasteiger partial charge is 0.366 e. The number of morpholine rings is 1. The zero-order valence-electron chi connectivity index (χ0n) is 10.6. The standard InChI is InChI=1S/C12H23N3O2/c1-2-14-6-7-17-11(9-14)12(16)15-5-3-4-10(15)8-13/h10-11H,2-9,13H2,1H3. The van der Waals surface area contributed by atoms with Crippen LogP contribution in [0.5, 0.6) is 0 Å². The number of likely N-dealkylation sites (tertiary alicyclic amines) is 1. The molecule has 0 saturated carbocycles. The lowest BCUT2D eigenvalue weighted by molar-refractivity contribution is -0.150. The van der Waals surface area contributed by atoms with Crippen molar-refractivity contribution in [3.05, 3.63) is 0 Å². The Labute approximate surface area is 103 Å². The fourth-order valence-corrected chi connectivity index (χ4v) is 2.70. The molecular weight excluding hydrogens is 218 g/mol. The van der Waals surface area contributed by atoms with Crippen LogP contribution in [-0.4, -0.2) is 67.2 Å². The minimum Gasteiger partial charge on any atom is -0.366 e. The zero-order chi connectivity index (χ0) is 12.3. The Morgan fingerprint density at radius 3 is 3.00 bits per heavy atom. The van der Waals surface area contributed by atoms with Crippen molar-refractivity contribution in [1.82, 2.24) is 9.80 Å². The summed E-state index contributed by atoms with van der Waals surface area (Å²) in [5.74, 6) is 0.135. The summed E-state index contributed by atoms with van der Waals surface area (Å²) in [6.45, 7) is 6.82. The van der Waals surface area contributed by atoms with Crippen LogP contribution in [0, 0.1) is 0 Å². The van der Waals surface area contributed by atoms with Crippen molar-refractivity contribution in [1.29, 1.82) is 0 Å². The van der Waals surface area contributed by atoms with Crippen LogP contribution in [0.4, 0.5) is 0 Å². The number of ether oxygens (including phenoxy) is 1.